The molecule has 0 aromatic carbocycles. The van der Waals surface area contributed by atoms with Crippen LogP contribution in [0.25, 0.3) is 0 Å². The largest absolute Gasteiger partial charge is 0.475 e. The predicted octanol–water partition coefficient (Wildman–Crippen LogP) is 1.03. The molecule has 0 bridgehead atoms. The van der Waals surface area contributed by atoms with Gasteiger partial charge in [-0.3, -0.25) is 4.79 Å². The number of carbonyl (C=O) groups excluding carboxylic acids is 1. The molecular formula is C12H18N2O4. The van der Waals surface area contributed by atoms with Crippen molar-refractivity contribution in [2.75, 3.05) is 6.54 Å². The first-order chi connectivity index (χ1) is 8.50. The van der Waals surface area contributed by atoms with E-state index in [1.165, 1.54) is 6.07 Å². The first-order valence-corrected chi connectivity index (χ1v) is 5.82. The van der Waals surface area contributed by atoms with Crippen LogP contribution in [0.3, 0.4) is 0 Å². The third-order valence-corrected chi connectivity index (χ3v) is 2.57. The number of aryl methyl sites for hydroxylation is 1. The summed E-state index contributed by atoms with van der Waals surface area (Å²) in [5.74, 6) is -0.785. The van der Waals surface area contributed by atoms with Gasteiger partial charge in [-0.2, -0.15) is 0 Å². The minimum absolute atomic E-state index is 0.0435. The normalized spacial score (nSPS) is 10.5. The van der Waals surface area contributed by atoms with Gasteiger partial charge in [-0.05, 0) is 32.4 Å². The Kier molecular flexibility index (Phi) is 5.38. The van der Waals surface area contributed by atoms with Crippen molar-refractivity contribution in [3.05, 3.63) is 23.2 Å². The molecule has 1 amide bonds. The van der Waals surface area contributed by atoms with Crippen molar-refractivity contribution in [3.63, 3.8) is 0 Å². The molecule has 6 nitrogen and oxygen atoms in total. The molecule has 1 rings (SSSR count). The van der Waals surface area contributed by atoms with Gasteiger partial charge in [0.15, 0.2) is 0 Å². The molecule has 6 heteroatoms. The van der Waals surface area contributed by atoms with E-state index in [1.54, 1.807) is 6.92 Å². The fourth-order valence-corrected chi connectivity index (χ4v) is 1.57. The molecule has 0 atom stereocenters. The second kappa shape index (κ2) is 6.80. The van der Waals surface area contributed by atoms with E-state index in [0.29, 0.717) is 18.7 Å². The van der Waals surface area contributed by atoms with E-state index >= 15 is 0 Å². The summed E-state index contributed by atoms with van der Waals surface area (Å²) in [6.07, 6.45) is 2.01. The number of primary amides is 1. The molecule has 0 fully saturated rings. The zero-order valence-corrected chi connectivity index (χ0v) is 10.4. The van der Waals surface area contributed by atoms with E-state index in [1.807, 2.05) is 0 Å². The molecule has 0 radical (unpaired) electrons. The number of carboxylic acid groups (broad SMARTS) is 1. The minimum atomic E-state index is -1.06. The van der Waals surface area contributed by atoms with Crippen LogP contribution in [0.1, 0.15) is 41.1 Å². The topological polar surface area (TPSA) is 106 Å². The van der Waals surface area contributed by atoms with Crippen LogP contribution in [0.2, 0.25) is 0 Å². The van der Waals surface area contributed by atoms with Crippen molar-refractivity contribution in [1.29, 1.82) is 0 Å². The molecule has 1 heterocycles. The van der Waals surface area contributed by atoms with E-state index in [9.17, 15) is 9.59 Å². The molecular weight excluding hydrogens is 236 g/mol. The lowest BCUT2D eigenvalue weighted by Crippen LogP contribution is -2.16. The van der Waals surface area contributed by atoms with Crippen molar-refractivity contribution in [3.8, 4) is 0 Å². The zero-order valence-electron chi connectivity index (χ0n) is 10.4. The number of unbranched alkanes of at least 4 members (excludes halogenated alkanes) is 1. The van der Waals surface area contributed by atoms with Gasteiger partial charge < -0.3 is 20.6 Å². The maximum atomic E-state index is 10.7. The maximum Gasteiger partial charge on any atom is 0.371 e. The summed E-state index contributed by atoms with van der Waals surface area (Å²) in [4.78, 5) is 21.2. The first-order valence-electron chi connectivity index (χ1n) is 5.82. The van der Waals surface area contributed by atoms with Crippen molar-refractivity contribution >= 4 is 11.9 Å². The van der Waals surface area contributed by atoms with Gasteiger partial charge in [0, 0.05) is 18.5 Å². The zero-order chi connectivity index (χ0) is 13.5. The van der Waals surface area contributed by atoms with E-state index in [2.05, 4.69) is 5.32 Å². The highest BCUT2D eigenvalue weighted by Gasteiger charge is 2.12. The maximum absolute atomic E-state index is 10.7. The summed E-state index contributed by atoms with van der Waals surface area (Å²) < 4.78 is 5.08. The average Bonchev–Trinajstić information content (AvgIpc) is 2.65. The van der Waals surface area contributed by atoms with Gasteiger partial charge in [0.2, 0.25) is 11.7 Å². The molecule has 0 aliphatic heterocycles. The minimum Gasteiger partial charge on any atom is -0.475 e. The number of nitrogens with two attached hydrogens (primary N) is 1. The smallest absolute Gasteiger partial charge is 0.371 e. The van der Waals surface area contributed by atoms with E-state index < -0.39 is 5.97 Å². The molecule has 100 valence electrons. The summed E-state index contributed by atoms with van der Waals surface area (Å²) in [5.41, 5.74) is 5.86. The molecule has 0 saturated carbocycles. The van der Waals surface area contributed by atoms with Crippen LogP contribution in [0.4, 0.5) is 0 Å². The Balaban J connectivity index is 2.27. The second-order valence-electron chi connectivity index (χ2n) is 4.10. The number of rotatable bonds is 8. The first kappa shape index (κ1) is 14.2. The fourth-order valence-electron chi connectivity index (χ4n) is 1.57. The van der Waals surface area contributed by atoms with Gasteiger partial charge in [-0.25, -0.2) is 4.79 Å². The molecule has 0 spiro atoms. The Labute approximate surface area is 105 Å². The van der Waals surface area contributed by atoms with Gasteiger partial charge in [0.05, 0.1) is 0 Å². The summed E-state index contributed by atoms with van der Waals surface area (Å²) in [5, 5.41) is 11.9. The molecule has 0 aliphatic carbocycles. The van der Waals surface area contributed by atoms with Crippen molar-refractivity contribution in [2.45, 2.75) is 32.7 Å². The van der Waals surface area contributed by atoms with Gasteiger partial charge >= 0.3 is 5.97 Å². The van der Waals surface area contributed by atoms with Crippen LogP contribution in [0.15, 0.2) is 10.5 Å². The van der Waals surface area contributed by atoms with Crippen LogP contribution in [0.5, 0.6) is 0 Å². The summed E-state index contributed by atoms with van der Waals surface area (Å²) >= 11 is 0. The van der Waals surface area contributed by atoms with E-state index in [-0.39, 0.29) is 11.7 Å². The highest BCUT2D eigenvalue weighted by atomic mass is 16.4. The number of carbonyl (C=O) groups is 2. The van der Waals surface area contributed by atoms with Gasteiger partial charge in [-0.1, -0.05) is 0 Å². The second-order valence-corrected chi connectivity index (χ2v) is 4.10. The number of hydrogen-bond donors (Lipinski definition) is 3. The van der Waals surface area contributed by atoms with Crippen molar-refractivity contribution in [1.82, 2.24) is 5.32 Å². The van der Waals surface area contributed by atoms with Crippen molar-refractivity contribution < 1.29 is 19.1 Å². The van der Waals surface area contributed by atoms with Gasteiger partial charge in [0.1, 0.15) is 5.76 Å². The van der Waals surface area contributed by atoms with E-state index in [4.69, 9.17) is 15.3 Å². The molecule has 0 aliphatic rings. The summed E-state index contributed by atoms with van der Waals surface area (Å²) in [6.45, 7) is 3.04. The number of amides is 1. The van der Waals surface area contributed by atoms with E-state index in [0.717, 1.165) is 24.9 Å². The van der Waals surface area contributed by atoms with Crippen LogP contribution in [-0.2, 0) is 11.3 Å². The van der Waals surface area contributed by atoms with Crippen LogP contribution >= 0.6 is 0 Å². The summed E-state index contributed by atoms with van der Waals surface area (Å²) in [7, 11) is 0. The lowest BCUT2D eigenvalue weighted by atomic mass is 10.2. The molecule has 0 saturated heterocycles. The fraction of sp³-hybridized carbons (Fsp3) is 0.500. The highest BCUT2D eigenvalue weighted by molar-refractivity contribution is 5.84. The third-order valence-electron chi connectivity index (χ3n) is 2.57. The monoisotopic (exact) mass is 254 g/mol. The predicted molar refractivity (Wildman–Crippen MR) is 65.2 cm³/mol. The Hall–Kier alpha value is -1.82. The highest BCUT2D eigenvalue weighted by Crippen LogP contribution is 2.14. The molecule has 4 N–H and O–H groups in total. The Morgan fingerprint density at radius 3 is 2.72 bits per heavy atom. The van der Waals surface area contributed by atoms with Gasteiger partial charge in [0.25, 0.3) is 0 Å². The molecule has 1 aromatic rings. The number of carboxylic acids is 1. The quantitative estimate of drug-likeness (QED) is 0.601. The third kappa shape index (κ3) is 4.58. The Bertz CT molecular complexity index is 426. The van der Waals surface area contributed by atoms with Crippen LogP contribution in [-0.4, -0.2) is 23.5 Å². The van der Waals surface area contributed by atoms with Crippen LogP contribution < -0.4 is 11.1 Å². The average molecular weight is 254 g/mol. The number of nitrogens with one attached hydrogen (secondary N) is 1. The lowest BCUT2D eigenvalue weighted by molar-refractivity contribution is -0.118. The molecule has 18 heavy (non-hydrogen) atoms. The molecule has 1 aromatic heterocycles. The molecule has 0 unspecified atom stereocenters. The summed E-state index contributed by atoms with van der Waals surface area (Å²) in [6, 6.07) is 1.52. The van der Waals surface area contributed by atoms with Crippen molar-refractivity contribution in [2.24, 2.45) is 5.73 Å². The number of hydrogen-bond acceptors (Lipinski definition) is 4. The Morgan fingerprint density at radius 2 is 2.17 bits per heavy atom. The lowest BCUT2D eigenvalue weighted by Gasteiger charge is -2.02. The number of furan rings is 1. The SMILES string of the molecule is Cc1oc(C(=O)O)cc1CNCCCCC(N)=O. The standard InChI is InChI=1S/C12H18N2O4/c1-8-9(6-10(18-8)12(16)17)7-14-5-3-2-4-11(13)15/h6,14H,2-5,7H2,1H3,(H2,13,15)(H,16,17). The number of aromatic carboxylic acids is 1. The van der Waals surface area contributed by atoms with Crippen LogP contribution in [0, 0.1) is 6.92 Å². The van der Waals surface area contributed by atoms with Gasteiger partial charge in [-0.15, -0.1) is 0 Å². The Morgan fingerprint density at radius 1 is 1.44 bits per heavy atom.